The van der Waals surface area contributed by atoms with Crippen LogP contribution in [0, 0.1) is 16.0 Å². The van der Waals surface area contributed by atoms with Gasteiger partial charge in [-0.2, -0.15) is 0 Å². The van der Waals surface area contributed by atoms with Gasteiger partial charge in [-0.1, -0.05) is 18.3 Å². The third-order valence-electron chi connectivity index (χ3n) is 4.19. The Labute approximate surface area is 152 Å². The fourth-order valence-corrected chi connectivity index (χ4v) is 5.04. The van der Waals surface area contributed by atoms with Crippen molar-refractivity contribution in [2.75, 3.05) is 12.4 Å². The number of fused-ring (bicyclic) bond motifs is 1. The van der Waals surface area contributed by atoms with Crippen LogP contribution in [0.1, 0.15) is 43.8 Å². The molecule has 2 heterocycles. The van der Waals surface area contributed by atoms with Gasteiger partial charge in [0, 0.05) is 18.0 Å². The summed E-state index contributed by atoms with van der Waals surface area (Å²) in [6.45, 7) is 2.17. The third kappa shape index (κ3) is 3.42. The molecule has 2 aromatic heterocycles. The fraction of sp³-hybridized carbons (Fsp3) is 0.375. The number of hydrogen-bond acceptors (Lipinski definition) is 6. The number of carbonyl (C=O) groups excluding carboxylic acids is 2. The molecule has 0 fully saturated rings. The molecule has 132 valence electrons. The lowest BCUT2D eigenvalue weighted by molar-refractivity contribution is -0.380. The van der Waals surface area contributed by atoms with Gasteiger partial charge >= 0.3 is 5.00 Å². The average Bonchev–Trinajstić information content (AvgIpc) is 3.18. The van der Waals surface area contributed by atoms with Crippen LogP contribution in [-0.4, -0.2) is 23.8 Å². The molecule has 25 heavy (non-hydrogen) atoms. The van der Waals surface area contributed by atoms with E-state index in [1.807, 2.05) is 0 Å². The van der Waals surface area contributed by atoms with Gasteiger partial charge < -0.3 is 10.6 Å². The van der Waals surface area contributed by atoms with Crippen molar-refractivity contribution in [2.24, 2.45) is 5.92 Å². The van der Waals surface area contributed by atoms with Crippen molar-refractivity contribution in [1.29, 1.82) is 0 Å². The molecule has 1 aliphatic carbocycles. The molecule has 3 rings (SSSR count). The first-order valence-corrected chi connectivity index (χ1v) is 9.46. The molecule has 1 unspecified atom stereocenters. The maximum absolute atomic E-state index is 12.4. The molecule has 0 aromatic carbocycles. The Morgan fingerprint density at radius 2 is 2.04 bits per heavy atom. The highest BCUT2D eigenvalue weighted by Crippen LogP contribution is 2.40. The number of nitro groups is 1. The van der Waals surface area contributed by atoms with E-state index in [-0.39, 0.29) is 15.8 Å². The molecule has 2 amide bonds. The van der Waals surface area contributed by atoms with Gasteiger partial charge in [0.25, 0.3) is 11.8 Å². The molecule has 0 spiro atoms. The van der Waals surface area contributed by atoms with E-state index >= 15 is 0 Å². The minimum Gasteiger partial charge on any atom is -0.355 e. The van der Waals surface area contributed by atoms with Gasteiger partial charge in [0.2, 0.25) is 0 Å². The van der Waals surface area contributed by atoms with E-state index in [4.69, 9.17) is 0 Å². The normalized spacial score (nSPS) is 16.2. The number of anilines is 1. The molecule has 1 atom stereocenters. The standard InChI is InChI=1S/C16H17N3O4S2/c1-8-3-4-9-11(7-8)25-16(13(9)15(21)17-2)18-14(20)10-5-6-12(24-10)19(22)23/h5-6,8H,3-4,7H2,1-2H3,(H,17,21)(H,18,20). The number of nitrogens with zero attached hydrogens (tertiary/aromatic N) is 1. The van der Waals surface area contributed by atoms with Gasteiger partial charge in [-0.15, -0.1) is 11.3 Å². The Bertz CT molecular complexity index is 856. The lowest BCUT2D eigenvalue weighted by Gasteiger charge is -2.18. The van der Waals surface area contributed by atoms with E-state index in [0.717, 1.165) is 41.0 Å². The Morgan fingerprint density at radius 1 is 1.28 bits per heavy atom. The molecular formula is C16H17N3O4S2. The largest absolute Gasteiger partial charge is 0.355 e. The topological polar surface area (TPSA) is 101 Å². The minimum absolute atomic E-state index is 0.0871. The van der Waals surface area contributed by atoms with Crippen molar-refractivity contribution >= 4 is 44.5 Å². The first-order chi connectivity index (χ1) is 11.9. The summed E-state index contributed by atoms with van der Waals surface area (Å²) >= 11 is 2.24. The summed E-state index contributed by atoms with van der Waals surface area (Å²) in [7, 11) is 1.56. The average molecular weight is 379 g/mol. The van der Waals surface area contributed by atoms with Crippen molar-refractivity contribution in [3.8, 4) is 0 Å². The van der Waals surface area contributed by atoms with Crippen molar-refractivity contribution in [3.63, 3.8) is 0 Å². The van der Waals surface area contributed by atoms with Gasteiger partial charge in [-0.3, -0.25) is 19.7 Å². The maximum Gasteiger partial charge on any atom is 0.324 e. The van der Waals surface area contributed by atoms with Crippen LogP contribution in [0.3, 0.4) is 0 Å². The number of rotatable bonds is 4. The van der Waals surface area contributed by atoms with Crippen LogP contribution in [0.4, 0.5) is 10.0 Å². The van der Waals surface area contributed by atoms with Crippen LogP contribution in [0.25, 0.3) is 0 Å². The van der Waals surface area contributed by atoms with Gasteiger partial charge in [0.1, 0.15) is 5.00 Å². The second kappa shape index (κ2) is 6.93. The summed E-state index contributed by atoms with van der Waals surface area (Å²) in [5, 5.41) is 16.6. The van der Waals surface area contributed by atoms with Crippen molar-refractivity contribution < 1.29 is 14.5 Å². The second-order valence-electron chi connectivity index (χ2n) is 5.98. The first-order valence-electron chi connectivity index (χ1n) is 7.83. The molecule has 0 radical (unpaired) electrons. The molecule has 9 heteroatoms. The SMILES string of the molecule is CNC(=O)c1c(NC(=O)c2ccc([N+](=O)[O-])s2)sc2c1CCC(C)C2. The molecule has 2 aromatic rings. The Morgan fingerprint density at radius 3 is 2.68 bits per heavy atom. The zero-order valence-electron chi connectivity index (χ0n) is 13.8. The van der Waals surface area contributed by atoms with Gasteiger partial charge in [-0.05, 0) is 36.8 Å². The summed E-state index contributed by atoms with van der Waals surface area (Å²) in [5.74, 6) is -0.110. The predicted octanol–water partition coefficient (Wildman–Crippen LogP) is 3.45. The molecule has 0 aliphatic heterocycles. The van der Waals surface area contributed by atoms with Crippen LogP contribution < -0.4 is 10.6 Å². The van der Waals surface area contributed by atoms with E-state index in [9.17, 15) is 19.7 Å². The number of carbonyl (C=O) groups is 2. The zero-order chi connectivity index (χ0) is 18.1. The van der Waals surface area contributed by atoms with Crippen molar-refractivity contribution in [1.82, 2.24) is 5.32 Å². The van der Waals surface area contributed by atoms with E-state index in [1.165, 1.54) is 23.5 Å². The highest BCUT2D eigenvalue weighted by atomic mass is 32.1. The first kappa shape index (κ1) is 17.6. The summed E-state index contributed by atoms with van der Waals surface area (Å²) < 4.78 is 0. The third-order valence-corrected chi connectivity index (χ3v) is 6.39. The lowest BCUT2D eigenvalue weighted by Crippen LogP contribution is -2.22. The summed E-state index contributed by atoms with van der Waals surface area (Å²) in [6, 6.07) is 2.73. The lowest BCUT2D eigenvalue weighted by atomic mass is 9.88. The fourth-order valence-electron chi connectivity index (χ4n) is 2.92. The number of thiophene rings is 2. The Kier molecular flexibility index (Phi) is 4.87. The monoisotopic (exact) mass is 379 g/mol. The van der Waals surface area contributed by atoms with Gasteiger partial charge in [0.15, 0.2) is 0 Å². The quantitative estimate of drug-likeness (QED) is 0.627. The van der Waals surface area contributed by atoms with Crippen molar-refractivity contribution in [2.45, 2.75) is 26.2 Å². The number of amides is 2. The van der Waals surface area contributed by atoms with Crippen LogP contribution in [-0.2, 0) is 12.8 Å². The number of nitrogens with one attached hydrogen (secondary N) is 2. The van der Waals surface area contributed by atoms with Gasteiger partial charge in [0.05, 0.1) is 15.4 Å². The molecule has 0 bridgehead atoms. The smallest absolute Gasteiger partial charge is 0.324 e. The molecule has 0 saturated carbocycles. The highest BCUT2D eigenvalue weighted by Gasteiger charge is 2.28. The zero-order valence-corrected chi connectivity index (χ0v) is 15.4. The summed E-state index contributed by atoms with van der Waals surface area (Å²) in [5.41, 5.74) is 1.53. The molecule has 2 N–H and O–H groups in total. The van der Waals surface area contributed by atoms with Crippen LogP contribution in [0.5, 0.6) is 0 Å². The molecular weight excluding hydrogens is 362 g/mol. The molecule has 0 saturated heterocycles. The maximum atomic E-state index is 12.4. The summed E-state index contributed by atoms with van der Waals surface area (Å²) in [4.78, 5) is 36.4. The Hall–Kier alpha value is -2.26. The molecule has 1 aliphatic rings. The van der Waals surface area contributed by atoms with Crippen LogP contribution in [0.2, 0.25) is 0 Å². The van der Waals surface area contributed by atoms with E-state index < -0.39 is 10.8 Å². The minimum atomic E-state index is -0.525. The highest BCUT2D eigenvalue weighted by molar-refractivity contribution is 7.18. The molecule has 7 nitrogen and oxygen atoms in total. The number of hydrogen-bond donors (Lipinski definition) is 2. The van der Waals surface area contributed by atoms with Gasteiger partial charge in [-0.25, -0.2) is 0 Å². The van der Waals surface area contributed by atoms with E-state index in [0.29, 0.717) is 16.5 Å². The van der Waals surface area contributed by atoms with E-state index in [1.54, 1.807) is 7.05 Å². The van der Waals surface area contributed by atoms with Crippen LogP contribution in [0.15, 0.2) is 12.1 Å². The van der Waals surface area contributed by atoms with E-state index in [2.05, 4.69) is 17.6 Å². The second-order valence-corrected chi connectivity index (χ2v) is 8.15. The summed E-state index contributed by atoms with van der Waals surface area (Å²) in [6.07, 6.45) is 2.72. The Balaban J connectivity index is 1.92. The van der Waals surface area contributed by atoms with Crippen molar-refractivity contribution in [3.05, 3.63) is 43.1 Å². The van der Waals surface area contributed by atoms with Crippen LogP contribution >= 0.6 is 22.7 Å². The predicted molar refractivity (Wildman–Crippen MR) is 97.8 cm³/mol.